The number of halogens is 1. The van der Waals surface area contributed by atoms with Crippen LogP contribution in [0.2, 0.25) is 0 Å². The number of nitrogens with one attached hydrogen (secondary N) is 1. The van der Waals surface area contributed by atoms with Crippen LogP contribution in [0.4, 0.5) is 11.5 Å². The predicted molar refractivity (Wildman–Crippen MR) is 73.2 cm³/mol. The molecule has 0 saturated heterocycles. The van der Waals surface area contributed by atoms with Gasteiger partial charge in [0, 0.05) is 12.1 Å². The fraction of sp³-hybridized carbons (Fsp3) is 0.455. The number of nitrogens with zero attached hydrogens (tertiary/aromatic N) is 2. The van der Waals surface area contributed by atoms with E-state index in [1.807, 2.05) is 0 Å². The lowest BCUT2D eigenvalue weighted by Gasteiger charge is -2.13. The molecule has 1 atom stereocenters. The van der Waals surface area contributed by atoms with Crippen molar-refractivity contribution in [2.45, 2.75) is 20.3 Å². The molecule has 19 heavy (non-hydrogen) atoms. The van der Waals surface area contributed by atoms with Crippen LogP contribution in [0.15, 0.2) is 10.7 Å². The normalized spacial score (nSPS) is 11.9. The van der Waals surface area contributed by atoms with Gasteiger partial charge in [0.15, 0.2) is 0 Å². The SMILES string of the molecule is CCC(CNc1ncc([N+](=O)[O-])c(C)c1Br)C(=O)O. The van der Waals surface area contributed by atoms with Crippen LogP contribution in [0.5, 0.6) is 0 Å². The first kappa shape index (κ1) is 15.4. The minimum atomic E-state index is -0.884. The van der Waals surface area contributed by atoms with E-state index >= 15 is 0 Å². The van der Waals surface area contributed by atoms with E-state index in [9.17, 15) is 14.9 Å². The van der Waals surface area contributed by atoms with Crippen molar-refractivity contribution in [3.8, 4) is 0 Å². The quantitative estimate of drug-likeness (QED) is 0.613. The number of carboxylic acid groups (broad SMARTS) is 1. The van der Waals surface area contributed by atoms with Crippen molar-refractivity contribution in [2.75, 3.05) is 11.9 Å². The number of pyridine rings is 1. The number of carbonyl (C=O) groups is 1. The Labute approximate surface area is 118 Å². The van der Waals surface area contributed by atoms with Gasteiger partial charge >= 0.3 is 5.97 Å². The average Bonchev–Trinajstić information content (AvgIpc) is 2.34. The highest BCUT2D eigenvalue weighted by Crippen LogP contribution is 2.30. The van der Waals surface area contributed by atoms with Crippen molar-refractivity contribution >= 4 is 33.4 Å². The zero-order chi connectivity index (χ0) is 14.6. The second-order valence-corrected chi connectivity index (χ2v) is 4.81. The van der Waals surface area contributed by atoms with E-state index in [2.05, 4.69) is 26.2 Å². The zero-order valence-electron chi connectivity index (χ0n) is 10.5. The highest BCUT2D eigenvalue weighted by atomic mass is 79.9. The molecule has 0 bridgehead atoms. The molecule has 0 amide bonds. The van der Waals surface area contributed by atoms with Crippen LogP contribution < -0.4 is 5.32 Å². The Morgan fingerprint density at radius 3 is 2.79 bits per heavy atom. The lowest BCUT2D eigenvalue weighted by atomic mass is 10.1. The molecule has 0 saturated carbocycles. The third-order valence-corrected chi connectivity index (χ3v) is 3.76. The monoisotopic (exact) mass is 331 g/mol. The Hall–Kier alpha value is -1.70. The van der Waals surface area contributed by atoms with Crippen LogP contribution in [0, 0.1) is 23.0 Å². The molecule has 1 unspecified atom stereocenters. The summed E-state index contributed by atoms with van der Waals surface area (Å²) in [6.45, 7) is 3.60. The summed E-state index contributed by atoms with van der Waals surface area (Å²) in [6, 6.07) is 0. The van der Waals surface area contributed by atoms with Gasteiger partial charge in [0.2, 0.25) is 0 Å². The van der Waals surface area contributed by atoms with Crippen LogP contribution in [0.25, 0.3) is 0 Å². The third kappa shape index (κ3) is 3.63. The average molecular weight is 332 g/mol. The largest absolute Gasteiger partial charge is 0.481 e. The van der Waals surface area contributed by atoms with Crippen molar-refractivity contribution in [3.05, 3.63) is 26.3 Å². The number of aromatic nitrogens is 1. The molecule has 0 fully saturated rings. The highest BCUT2D eigenvalue weighted by Gasteiger charge is 2.19. The first-order valence-corrected chi connectivity index (χ1v) is 6.43. The van der Waals surface area contributed by atoms with Crippen molar-refractivity contribution in [3.63, 3.8) is 0 Å². The zero-order valence-corrected chi connectivity index (χ0v) is 12.1. The third-order valence-electron chi connectivity index (χ3n) is 2.79. The second kappa shape index (κ2) is 6.46. The number of hydrogen-bond acceptors (Lipinski definition) is 5. The van der Waals surface area contributed by atoms with Gasteiger partial charge in [0.05, 0.1) is 15.3 Å². The summed E-state index contributed by atoms with van der Waals surface area (Å²) >= 11 is 3.23. The summed E-state index contributed by atoms with van der Waals surface area (Å²) in [5, 5.41) is 22.6. The van der Waals surface area contributed by atoms with Gasteiger partial charge in [-0.1, -0.05) is 6.92 Å². The van der Waals surface area contributed by atoms with Gasteiger partial charge < -0.3 is 10.4 Å². The summed E-state index contributed by atoms with van der Waals surface area (Å²) in [5.74, 6) is -1.00. The maximum atomic E-state index is 10.9. The van der Waals surface area contributed by atoms with Crippen LogP contribution in [0.1, 0.15) is 18.9 Å². The Balaban J connectivity index is 2.89. The Bertz CT molecular complexity index is 507. The lowest BCUT2D eigenvalue weighted by Crippen LogP contribution is -2.22. The minimum Gasteiger partial charge on any atom is -0.481 e. The molecule has 7 nitrogen and oxygen atoms in total. The Morgan fingerprint density at radius 2 is 2.32 bits per heavy atom. The number of hydrogen-bond donors (Lipinski definition) is 2. The van der Waals surface area contributed by atoms with Crippen LogP contribution in [0.3, 0.4) is 0 Å². The van der Waals surface area contributed by atoms with Gasteiger partial charge in [-0.15, -0.1) is 0 Å². The summed E-state index contributed by atoms with van der Waals surface area (Å²) in [5.41, 5.74) is 0.369. The minimum absolute atomic E-state index is 0.0808. The van der Waals surface area contributed by atoms with E-state index in [0.29, 0.717) is 22.3 Å². The molecule has 0 radical (unpaired) electrons. The molecule has 0 spiro atoms. The van der Waals surface area contributed by atoms with Crippen LogP contribution in [-0.4, -0.2) is 27.5 Å². The lowest BCUT2D eigenvalue weighted by molar-refractivity contribution is -0.385. The maximum absolute atomic E-state index is 10.9. The summed E-state index contributed by atoms with van der Waals surface area (Å²) in [4.78, 5) is 25.0. The molecule has 0 aliphatic heterocycles. The van der Waals surface area contributed by atoms with E-state index in [-0.39, 0.29) is 12.2 Å². The molecular weight excluding hydrogens is 318 g/mol. The molecule has 0 aliphatic rings. The van der Waals surface area contributed by atoms with Crippen molar-refractivity contribution < 1.29 is 14.8 Å². The number of carboxylic acids is 1. The van der Waals surface area contributed by atoms with Crippen molar-refractivity contribution in [2.24, 2.45) is 5.92 Å². The number of rotatable bonds is 6. The van der Waals surface area contributed by atoms with Crippen LogP contribution in [-0.2, 0) is 4.79 Å². The van der Waals surface area contributed by atoms with E-state index in [1.54, 1.807) is 13.8 Å². The fourth-order valence-electron chi connectivity index (χ4n) is 1.50. The van der Waals surface area contributed by atoms with E-state index in [1.165, 1.54) is 0 Å². The smallest absolute Gasteiger partial charge is 0.308 e. The summed E-state index contributed by atoms with van der Waals surface area (Å²) in [7, 11) is 0. The number of anilines is 1. The molecule has 8 heteroatoms. The van der Waals surface area contributed by atoms with Gasteiger partial charge in [-0.2, -0.15) is 0 Å². The topological polar surface area (TPSA) is 105 Å². The molecule has 0 aliphatic carbocycles. The fourth-order valence-corrected chi connectivity index (χ4v) is 1.95. The standard InChI is InChI=1S/C11H14BrN3O4/c1-3-7(11(16)17)4-13-10-9(12)6(2)8(5-14-10)15(18)19/h5,7H,3-4H2,1-2H3,(H,13,14)(H,16,17). The highest BCUT2D eigenvalue weighted by molar-refractivity contribution is 9.10. The van der Waals surface area contributed by atoms with Crippen molar-refractivity contribution in [1.29, 1.82) is 0 Å². The van der Waals surface area contributed by atoms with Gasteiger partial charge in [0.25, 0.3) is 5.69 Å². The first-order chi connectivity index (χ1) is 8.88. The molecule has 0 aromatic carbocycles. The number of aliphatic carboxylic acids is 1. The van der Waals surface area contributed by atoms with E-state index < -0.39 is 16.8 Å². The predicted octanol–water partition coefficient (Wildman–Crippen LogP) is 2.58. The maximum Gasteiger partial charge on any atom is 0.308 e. The summed E-state index contributed by atoms with van der Waals surface area (Å²) < 4.78 is 0.474. The van der Waals surface area contributed by atoms with Gasteiger partial charge in [-0.25, -0.2) is 4.98 Å². The van der Waals surface area contributed by atoms with Gasteiger partial charge in [-0.3, -0.25) is 14.9 Å². The van der Waals surface area contributed by atoms with Crippen molar-refractivity contribution in [1.82, 2.24) is 4.98 Å². The van der Waals surface area contributed by atoms with Gasteiger partial charge in [-0.05, 0) is 29.3 Å². The first-order valence-electron chi connectivity index (χ1n) is 5.64. The molecule has 1 rings (SSSR count). The Morgan fingerprint density at radius 1 is 1.68 bits per heavy atom. The van der Waals surface area contributed by atoms with E-state index in [4.69, 9.17) is 5.11 Å². The molecule has 2 N–H and O–H groups in total. The molecule has 1 aromatic rings. The van der Waals surface area contributed by atoms with E-state index in [0.717, 1.165) is 6.20 Å². The molecule has 1 aromatic heterocycles. The van der Waals surface area contributed by atoms with Crippen LogP contribution >= 0.6 is 15.9 Å². The van der Waals surface area contributed by atoms with Gasteiger partial charge in [0.1, 0.15) is 12.0 Å². The second-order valence-electron chi connectivity index (χ2n) is 4.01. The Kier molecular flexibility index (Phi) is 5.22. The summed E-state index contributed by atoms with van der Waals surface area (Å²) in [6.07, 6.45) is 1.65. The number of nitro groups is 1. The molecule has 1 heterocycles. The molecule has 104 valence electrons. The molecular formula is C11H14BrN3O4.